The fourth-order valence-electron chi connectivity index (χ4n) is 1.13. The zero-order chi connectivity index (χ0) is 14.9. The number of halogens is 5. The van der Waals surface area contributed by atoms with Gasteiger partial charge in [0.25, 0.3) is 5.91 Å². The highest BCUT2D eigenvalue weighted by atomic mass is 19.2. The Kier molecular flexibility index (Phi) is 4.07. The largest absolute Gasteiger partial charge is 0.480 e. The van der Waals surface area contributed by atoms with Crippen molar-refractivity contribution < 1.29 is 36.6 Å². The molecule has 2 N–H and O–H groups in total. The first-order chi connectivity index (χ1) is 8.68. The van der Waals surface area contributed by atoms with Crippen molar-refractivity contribution in [3.8, 4) is 0 Å². The lowest BCUT2D eigenvalue weighted by molar-refractivity contribution is -0.138. The Hall–Kier alpha value is -2.19. The van der Waals surface area contributed by atoms with Gasteiger partial charge in [-0.3, -0.25) is 9.59 Å². The molecule has 0 unspecified atom stereocenters. The lowest BCUT2D eigenvalue weighted by atomic mass is 10.1. The summed E-state index contributed by atoms with van der Waals surface area (Å²) in [6, 6.07) is -1.57. The van der Waals surface area contributed by atoms with Crippen LogP contribution in [0, 0.1) is 29.1 Å². The van der Waals surface area contributed by atoms with Crippen molar-refractivity contribution in [3.05, 3.63) is 34.6 Å². The van der Waals surface area contributed by atoms with Crippen LogP contribution in [0.15, 0.2) is 0 Å². The minimum Gasteiger partial charge on any atom is -0.480 e. The van der Waals surface area contributed by atoms with E-state index < -0.39 is 52.6 Å². The van der Waals surface area contributed by atoms with Gasteiger partial charge in [-0.2, -0.15) is 0 Å². The molecule has 0 spiro atoms. The number of hydrogen-bond acceptors (Lipinski definition) is 2. The highest BCUT2D eigenvalue weighted by Crippen LogP contribution is 2.22. The SMILES string of the molecule is C[C@@H](NC(=O)c1c(F)c(F)c(F)c(F)c1F)C(=O)O. The van der Waals surface area contributed by atoms with Crippen molar-refractivity contribution in [1.29, 1.82) is 0 Å². The number of carboxylic acids is 1. The Morgan fingerprint density at radius 3 is 1.68 bits per heavy atom. The Labute approximate surface area is 102 Å². The van der Waals surface area contributed by atoms with Gasteiger partial charge in [0.15, 0.2) is 23.3 Å². The molecule has 0 saturated carbocycles. The average Bonchev–Trinajstić information content (AvgIpc) is 2.34. The van der Waals surface area contributed by atoms with Crippen molar-refractivity contribution in [2.45, 2.75) is 13.0 Å². The van der Waals surface area contributed by atoms with Crippen LogP contribution in [0.3, 0.4) is 0 Å². The summed E-state index contributed by atoms with van der Waals surface area (Å²) in [7, 11) is 0. The molecule has 0 heterocycles. The van der Waals surface area contributed by atoms with E-state index in [1.165, 1.54) is 0 Å². The fraction of sp³-hybridized carbons (Fsp3) is 0.200. The number of rotatable bonds is 3. The van der Waals surface area contributed by atoms with Gasteiger partial charge in [-0.15, -0.1) is 0 Å². The summed E-state index contributed by atoms with van der Waals surface area (Å²) >= 11 is 0. The highest BCUT2D eigenvalue weighted by molar-refractivity contribution is 5.97. The molecule has 104 valence electrons. The summed E-state index contributed by atoms with van der Waals surface area (Å²) in [5, 5.41) is 10.0. The molecule has 1 aromatic rings. The van der Waals surface area contributed by atoms with Crippen LogP contribution < -0.4 is 5.32 Å². The molecule has 1 atom stereocenters. The zero-order valence-corrected chi connectivity index (χ0v) is 9.23. The smallest absolute Gasteiger partial charge is 0.325 e. The summed E-state index contributed by atoms with van der Waals surface area (Å²) in [6.07, 6.45) is 0. The predicted molar refractivity (Wildman–Crippen MR) is 50.8 cm³/mol. The van der Waals surface area contributed by atoms with Gasteiger partial charge in [0.1, 0.15) is 11.6 Å². The number of carboxylic acid groups (broad SMARTS) is 1. The van der Waals surface area contributed by atoms with Crippen molar-refractivity contribution in [2.24, 2.45) is 0 Å². The molecule has 1 amide bonds. The Balaban J connectivity index is 3.28. The topological polar surface area (TPSA) is 66.4 Å². The predicted octanol–water partition coefficient (Wildman–Crippen LogP) is 1.58. The first kappa shape index (κ1) is 14.9. The van der Waals surface area contributed by atoms with E-state index in [1.54, 1.807) is 5.32 Å². The fourth-order valence-corrected chi connectivity index (χ4v) is 1.13. The maximum Gasteiger partial charge on any atom is 0.325 e. The Morgan fingerprint density at radius 1 is 0.947 bits per heavy atom. The lowest BCUT2D eigenvalue weighted by Gasteiger charge is -2.11. The van der Waals surface area contributed by atoms with Gasteiger partial charge in [0.2, 0.25) is 5.82 Å². The van der Waals surface area contributed by atoms with E-state index in [-0.39, 0.29) is 0 Å². The summed E-state index contributed by atoms with van der Waals surface area (Å²) in [6.45, 7) is 0.951. The lowest BCUT2D eigenvalue weighted by Crippen LogP contribution is -2.39. The van der Waals surface area contributed by atoms with Gasteiger partial charge in [-0.1, -0.05) is 0 Å². The maximum absolute atomic E-state index is 13.2. The number of benzene rings is 1. The number of amides is 1. The Morgan fingerprint density at radius 2 is 1.32 bits per heavy atom. The second-order valence-electron chi connectivity index (χ2n) is 3.48. The van der Waals surface area contributed by atoms with Crippen molar-refractivity contribution in [2.75, 3.05) is 0 Å². The third kappa shape index (κ3) is 2.64. The standard InChI is InChI=1S/C10H6F5NO3/c1-2(10(18)19)16-9(17)3-4(11)6(13)8(15)7(14)5(3)12/h2H,1H3,(H,16,17)(H,18,19)/t2-/m1/s1. The molecule has 1 aromatic carbocycles. The summed E-state index contributed by atoms with van der Waals surface area (Å²) < 4.78 is 64.7. The molecule has 1 rings (SSSR count). The van der Waals surface area contributed by atoms with Crippen LogP contribution in [0.25, 0.3) is 0 Å². The van der Waals surface area contributed by atoms with Crippen LogP contribution >= 0.6 is 0 Å². The van der Waals surface area contributed by atoms with Crippen LogP contribution in [0.1, 0.15) is 17.3 Å². The first-order valence-corrected chi connectivity index (χ1v) is 4.73. The molecular weight excluding hydrogens is 277 g/mol. The number of aliphatic carboxylic acids is 1. The van der Waals surface area contributed by atoms with E-state index in [0.717, 1.165) is 6.92 Å². The molecule has 0 aliphatic rings. The molecule has 0 aromatic heterocycles. The van der Waals surface area contributed by atoms with Gasteiger partial charge in [-0.05, 0) is 6.92 Å². The molecular formula is C10H6F5NO3. The maximum atomic E-state index is 13.2. The molecule has 0 saturated heterocycles. The number of carbonyl (C=O) groups excluding carboxylic acids is 1. The molecule has 0 aliphatic heterocycles. The van der Waals surface area contributed by atoms with Gasteiger partial charge >= 0.3 is 5.97 Å². The second-order valence-corrected chi connectivity index (χ2v) is 3.48. The molecule has 19 heavy (non-hydrogen) atoms. The number of carbonyl (C=O) groups is 2. The van der Waals surface area contributed by atoms with Gasteiger partial charge in [0.05, 0.1) is 0 Å². The van der Waals surface area contributed by atoms with E-state index in [4.69, 9.17) is 5.11 Å². The minimum atomic E-state index is -2.40. The van der Waals surface area contributed by atoms with Crippen LogP contribution in [-0.4, -0.2) is 23.0 Å². The summed E-state index contributed by atoms with van der Waals surface area (Å²) in [5.74, 6) is -14.9. The van der Waals surface area contributed by atoms with Crippen molar-refractivity contribution >= 4 is 11.9 Å². The van der Waals surface area contributed by atoms with Crippen LogP contribution in [0.4, 0.5) is 22.0 Å². The summed E-state index contributed by atoms with van der Waals surface area (Å²) in [5.41, 5.74) is -1.73. The quantitative estimate of drug-likeness (QED) is 0.503. The third-order valence-corrected chi connectivity index (χ3v) is 2.15. The summed E-state index contributed by atoms with van der Waals surface area (Å²) in [4.78, 5) is 21.7. The van der Waals surface area contributed by atoms with Crippen LogP contribution in [0.5, 0.6) is 0 Å². The normalized spacial score (nSPS) is 12.1. The van der Waals surface area contributed by atoms with Crippen molar-refractivity contribution in [3.63, 3.8) is 0 Å². The van der Waals surface area contributed by atoms with Crippen LogP contribution in [0.2, 0.25) is 0 Å². The van der Waals surface area contributed by atoms with E-state index in [0.29, 0.717) is 0 Å². The molecule has 0 radical (unpaired) electrons. The van der Waals surface area contributed by atoms with Gasteiger partial charge in [-0.25, -0.2) is 22.0 Å². The number of hydrogen-bond donors (Lipinski definition) is 2. The van der Waals surface area contributed by atoms with E-state index in [2.05, 4.69) is 0 Å². The first-order valence-electron chi connectivity index (χ1n) is 4.73. The third-order valence-electron chi connectivity index (χ3n) is 2.15. The van der Waals surface area contributed by atoms with Crippen molar-refractivity contribution in [1.82, 2.24) is 5.32 Å². The zero-order valence-electron chi connectivity index (χ0n) is 9.23. The molecule has 4 nitrogen and oxygen atoms in total. The van der Waals surface area contributed by atoms with E-state index in [9.17, 15) is 31.5 Å². The average molecular weight is 283 g/mol. The molecule has 0 aliphatic carbocycles. The number of nitrogens with one attached hydrogen (secondary N) is 1. The molecule has 9 heteroatoms. The van der Waals surface area contributed by atoms with Gasteiger partial charge < -0.3 is 10.4 Å². The molecule has 0 fully saturated rings. The molecule has 0 bridgehead atoms. The second kappa shape index (κ2) is 5.21. The van der Waals surface area contributed by atoms with Gasteiger partial charge in [0, 0.05) is 0 Å². The minimum absolute atomic E-state index is 0.951. The van der Waals surface area contributed by atoms with E-state index in [1.807, 2.05) is 0 Å². The Bertz CT molecular complexity index is 532. The van der Waals surface area contributed by atoms with E-state index >= 15 is 0 Å². The monoisotopic (exact) mass is 283 g/mol. The van der Waals surface area contributed by atoms with Crippen LogP contribution in [-0.2, 0) is 4.79 Å². The highest BCUT2D eigenvalue weighted by Gasteiger charge is 2.30.